The molecule has 0 atom stereocenters. The number of benzene rings is 1. The maximum absolute atomic E-state index is 9.71. The topological polar surface area (TPSA) is 99.8 Å². The van der Waals surface area contributed by atoms with Gasteiger partial charge in [0.1, 0.15) is 17.6 Å². The molecule has 0 radical (unpaired) electrons. The van der Waals surface area contributed by atoms with Crippen LogP contribution in [0.3, 0.4) is 0 Å². The Bertz CT molecular complexity index is 1140. The van der Waals surface area contributed by atoms with E-state index in [4.69, 9.17) is 4.74 Å². The maximum atomic E-state index is 9.71. The van der Waals surface area contributed by atoms with Crippen LogP contribution < -0.4 is 20.7 Å². The van der Waals surface area contributed by atoms with Crippen LogP contribution in [0.1, 0.15) is 37.3 Å². The predicted molar refractivity (Wildman–Crippen MR) is 132 cm³/mol. The van der Waals surface area contributed by atoms with Crippen LogP contribution in [0.25, 0.3) is 11.1 Å². The number of ether oxygens (including phenoxy) is 1. The number of nitrogens with zero attached hydrogens (tertiary/aromatic N) is 4. The molecule has 2 aliphatic rings. The van der Waals surface area contributed by atoms with E-state index in [0.717, 1.165) is 74.5 Å². The van der Waals surface area contributed by atoms with Gasteiger partial charge in [-0.1, -0.05) is 6.07 Å². The summed E-state index contributed by atoms with van der Waals surface area (Å²) < 4.78 is 8.08. The lowest BCUT2D eigenvalue weighted by atomic mass is 9.99. The molecule has 5 rings (SSSR count). The number of nitriles is 1. The third kappa shape index (κ3) is 5.38. The average Bonchev–Trinajstić information content (AvgIpc) is 3.37. The van der Waals surface area contributed by atoms with E-state index in [1.165, 1.54) is 0 Å². The van der Waals surface area contributed by atoms with Gasteiger partial charge in [-0.2, -0.15) is 10.4 Å². The Morgan fingerprint density at radius 3 is 2.59 bits per heavy atom. The molecule has 0 amide bonds. The highest BCUT2D eigenvalue weighted by Crippen LogP contribution is 2.29. The highest BCUT2D eigenvalue weighted by atomic mass is 16.5. The van der Waals surface area contributed by atoms with Gasteiger partial charge in [0.15, 0.2) is 0 Å². The monoisotopic (exact) mass is 457 g/mol. The van der Waals surface area contributed by atoms with Crippen LogP contribution in [0.15, 0.2) is 48.9 Å². The van der Waals surface area contributed by atoms with E-state index < -0.39 is 0 Å². The highest BCUT2D eigenvalue weighted by Gasteiger charge is 2.17. The number of hydrogen-bond donors (Lipinski definition) is 3. The van der Waals surface area contributed by atoms with Gasteiger partial charge in [0.25, 0.3) is 0 Å². The lowest BCUT2D eigenvalue weighted by molar-refractivity contribution is 0.215. The number of pyridine rings is 1. The van der Waals surface area contributed by atoms with E-state index in [1.807, 2.05) is 42.7 Å². The summed E-state index contributed by atoms with van der Waals surface area (Å²) in [6.45, 7) is 4.79. The zero-order valence-electron chi connectivity index (χ0n) is 19.3. The molecule has 2 fully saturated rings. The summed E-state index contributed by atoms with van der Waals surface area (Å²) in [6, 6.07) is 12.5. The van der Waals surface area contributed by atoms with E-state index in [-0.39, 0.29) is 0 Å². The minimum Gasteiger partial charge on any atom is -0.492 e. The first kappa shape index (κ1) is 22.4. The number of aromatic nitrogens is 3. The lowest BCUT2D eigenvalue weighted by Gasteiger charge is -2.23. The minimum absolute atomic E-state index is 0.441. The van der Waals surface area contributed by atoms with Crippen molar-refractivity contribution in [2.75, 3.05) is 38.1 Å². The summed E-state index contributed by atoms with van der Waals surface area (Å²) in [5.41, 5.74) is 3.43. The standard InChI is InChI=1S/C26H31N7O/c27-15-22-13-20(1-2-25(22)34-18-19-3-8-28-9-4-19)21-5-12-30-26(14-21)32-23-16-31-33(17-23)24-6-10-29-11-7-24/h1-2,5,12-14,16-17,19,24,28-29H,3-4,6-11,18H2,(H,30,32). The molecule has 1 aromatic carbocycles. The number of nitrogens with one attached hydrogen (secondary N) is 3. The molecule has 8 nitrogen and oxygen atoms in total. The van der Waals surface area contributed by atoms with Crippen LogP contribution in [0.2, 0.25) is 0 Å². The predicted octanol–water partition coefficient (Wildman–Crippen LogP) is 3.86. The van der Waals surface area contributed by atoms with Crippen molar-refractivity contribution >= 4 is 11.5 Å². The molecule has 2 aliphatic heterocycles. The van der Waals surface area contributed by atoms with Gasteiger partial charge < -0.3 is 20.7 Å². The zero-order chi connectivity index (χ0) is 23.2. The van der Waals surface area contributed by atoms with Gasteiger partial charge in [-0.25, -0.2) is 4.98 Å². The Kier molecular flexibility index (Phi) is 7.03. The summed E-state index contributed by atoms with van der Waals surface area (Å²) in [6.07, 6.45) is 10.1. The fourth-order valence-electron chi connectivity index (χ4n) is 4.68. The first-order chi connectivity index (χ1) is 16.8. The third-order valence-electron chi connectivity index (χ3n) is 6.68. The molecule has 2 aromatic heterocycles. The van der Waals surface area contributed by atoms with Crippen LogP contribution in [-0.2, 0) is 0 Å². The molecule has 0 bridgehead atoms. The second-order valence-corrected chi connectivity index (χ2v) is 9.07. The van der Waals surface area contributed by atoms with Crippen molar-refractivity contribution in [3.63, 3.8) is 0 Å². The molecular formula is C26H31N7O. The Hall–Kier alpha value is -3.41. The second kappa shape index (κ2) is 10.7. The van der Waals surface area contributed by atoms with E-state index in [1.54, 1.807) is 6.20 Å². The molecule has 4 heterocycles. The largest absolute Gasteiger partial charge is 0.492 e. The summed E-state index contributed by atoms with van der Waals surface area (Å²) in [5, 5.41) is 24.4. The SMILES string of the molecule is N#Cc1cc(-c2ccnc(Nc3cnn(C4CCNCC4)c3)c2)ccc1OCC1CCNCC1. The summed E-state index contributed by atoms with van der Waals surface area (Å²) in [5.74, 6) is 1.94. The van der Waals surface area contributed by atoms with E-state index in [2.05, 4.69) is 36.8 Å². The number of hydrogen-bond acceptors (Lipinski definition) is 7. The molecule has 3 N–H and O–H groups in total. The highest BCUT2D eigenvalue weighted by molar-refractivity contribution is 5.70. The fourth-order valence-corrected chi connectivity index (χ4v) is 4.68. The Morgan fingerprint density at radius 2 is 1.79 bits per heavy atom. The average molecular weight is 458 g/mol. The third-order valence-corrected chi connectivity index (χ3v) is 6.68. The number of anilines is 2. The van der Waals surface area contributed by atoms with E-state index in [0.29, 0.717) is 29.9 Å². The van der Waals surface area contributed by atoms with Crippen LogP contribution in [-0.4, -0.2) is 47.6 Å². The number of rotatable bonds is 7. The van der Waals surface area contributed by atoms with Gasteiger partial charge in [-0.15, -0.1) is 0 Å². The molecule has 3 aromatic rings. The molecule has 0 spiro atoms. The smallest absolute Gasteiger partial charge is 0.137 e. The molecule has 2 saturated heterocycles. The van der Waals surface area contributed by atoms with Crippen molar-refractivity contribution < 1.29 is 4.74 Å². The van der Waals surface area contributed by atoms with Gasteiger partial charge in [0.2, 0.25) is 0 Å². The van der Waals surface area contributed by atoms with Crippen molar-refractivity contribution in [3.05, 3.63) is 54.5 Å². The molecule has 0 saturated carbocycles. The van der Waals surface area contributed by atoms with Gasteiger partial charge in [-0.3, -0.25) is 4.68 Å². The lowest BCUT2D eigenvalue weighted by Crippen LogP contribution is -2.30. The van der Waals surface area contributed by atoms with Crippen molar-refractivity contribution in [3.8, 4) is 22.9 Å². The van der Waals surface area contributed by atoms with Crippen molar-refractivity contribution in [2.24, 2.45) is 5.92 Å². The molecular weight excluding hydrogens is 426 g/mol. The molecule has 34 heavy (non-hydrogen) atoms. The second-order valence-electron chi connectivity index (χ2n) is 9.07. The fraction of sp³-hybridized carbons (Fsp3) is 0.423. The van der Waals surface area contributed by atoms with Gasteiger partial charge in [0.05, 0.1) is 30.1 Å². The first-order valence-electron chi connectivity index (χ1n) is 12.1. The minimum atomic E-state index is 0.441. The van der Waals surface area contributed by atoms with E-state index >= 15 is 0 Å². The maximum Gasteiger partial charge on any atom is 0.137 e. The van der Waals surface area contributed by atoms with Gasteiger partial charge >= 0.3 is 0 Å². The van der Waals surface area contributed by atoms with Crippen molar-refractivity contribution in [1.29, 1.82) is 5.26 Å². The molecule has 8 heteroatoms. The Balaban J connectivity index is 1.27. The van der Waals surface area contributed by atoms with E-state index in [9.17, 15) is 5.26 Å². The number of piperidine rings is 2. The van der Waals surface area contributed by atoms with Crippen LogP contribution in [0.4, 0.5) is 11.5 Å². The summed E-state index contributed by atoms with van der Waals surface area (Å²) in [4.78, 5) is 4.47. The van der Waals surface area contributed by atoms with Crippen LogP contribution in [0.5, 0.6) is 5.75 Å². The Morgan fingerprint density at radius 1 is 1.03 bits per heavy atom. The summed E-state index contributed by atoms with van der Waals surface area (Å²) >= 11 is 0. The quantitative estimate of drug-likeness (QED) is 0.495. The van der Waals surface area contributed by atoms with Crippen molar-refractivity contribution in [2.45, 2.75) is 31.7 Å². The molecule has 0 unspecified atom stereocenters. The van der Waals surface area contributed by atoms with Crippen LogP contribution in [0, 0.1) is 17.2 Å². The van der Waals surface area contributed by atoms with Gasteiger partial charge in [-0.05, 0) is 93.2 Å². The molecule has 0 aliphatic carbocycles. The Labute approximate surface area is 200 Å². The zero-order valence-corrected chi connectivity index (χ0v) is 19.3. The van der Waals surface area contributed by atoms with Crippen molar-refractivity contribution in [1.82, 2.24) is 25.4 Å². The normalized spacial score (nSPS) is 17.3. The summed E-state index contributed by atoms with van der Waals surface area (Å²) in [7, 11) is 0. The van der Waals surface area contributed by atoms with Gasteiger partial charge in [0, 0.05) is 12.4 Å². The van der Waals surface area contributed by atoms with Crippen LogP contribution >= 0.6 is 0 Å². The molecule has 176 valence electrons. The first-order valence-corrected chi connectivity index (χ1v) is 12.1.